The quantitative estimate of drug-likeness (QED) is 0.431. The summed E-state index contributed by atoms with van der Waals surface area (Å²) in [5.74, 6) is -0.155. The van der Waals surface area contributed by atoms with Gasteiger partial charge in [-0.25, -0.2) is 14.6 Å². The molecule has 2 aromatic carbocycles. The van der Waals surface area contributed by atoms with Crippen LogP contribution in [0.1, 0.15) is 19.3 Å². The Morgan fingerprint density at radius 1 is 0.906 bits per heavy atom. The molecule has 0 saturated carbocycles. The fraction of sp³-hybridized carbons (Fsp3) is 0.0455. The Morgan fingerprint density at radius 2 is 1.62 bits per heavy atom. The summed E-state index contributed by atoms with van der Waals surface area (Å²) in [6.07, 6.45) is 3.05. The number of imidazole rings is 1. The van der Waals surface area contributed by atoms with Gasteiger partial charge in [0.1, 0.15) is 12.7 Å². The maximum Gasteiger partial charge on any atom is 0.268 e. The Hall–Kier alpha value is -4.31. The van der Waals surface area contributed by atoms with Crippen LogP contribution >= 0.6 is 11.3 Å². The molecule has 0 aliphatic carbocycles. The minimum absolute atomic E-state index is 0.287. The van der Waals surface area contributed by atoms with E-state index in [1.165, 1.54) is 6.33 Å². The molecule has 0 saturated heterocycles. The van der Waals surface area contributed by atoms with Crippen molar-refractivity contribution in [3.05, 3.63) is 83.1 Å². The van der Waals surface area contributed by atoms with E-state index < -0.39 is 0 Å². The molecule has 32 heavy (non-hydrogen) atoms. The summed E-state index contributed by atoms with van der Waals surface area (Å²) in [7, 11) is 1.84. The molecule has 5 aromatic rings. The van der Waals surface area contributed by atoms with Gasteiger partial charge in [0.2, 0.25) is 5.95 Å². The Morgan fingerprint density at radius 3 is 2.31 bits per heavy atom. The van der Waals surface area contributed by atoms with Crippen molar-refractivity contribution < 1.29 is 9.59 Å². The molecule has 0 unspecified atom stereocenters. The molecule has 0 bridgehead atoms. The maximum atomic E-state index is 12.7. The Balaban J connectivity index is 1.27. The number of nitrogens with zero attached hydrogens (tertiary/aromatic N) is 5. The van der Waals surface area contributed by atoms with Gasteiger partial charge in [-0.05, 0) is 48.5 Å². The number of rotatable bonds is 5. The number of benzene rings is 2. The van der Waals surface area contributed by atoms with Crippen molar-refractivity contribution in [2.75, 3.05) is 10.6 Å². The van der Waals surface area contributed by atoms with Gasteiger partial charge >= 0.3 is 0 Å². The Bertz CT molecular complexity index is 1420. The Kier molecular flexibility index (Phi) is 4.96. The van der Waals surface area contributed by atoms with Crippen molar-refractivity contribution in [1.29, 1.82) is 0 Å². The fourth-order valence-electron chi connectivity index (χ4n) is 3.23. The van der Waals surface area contributed by atoms with Crippen LogP contribution in [0.15, 0.2) is 73.3 Å². The predicted molar refractivity (Wildman–Crippen MR) is 122 cm³/mol. The highest BCUT2D eigenvalue weighted by Crippen LogP contribution is 2.22. The van der Waals surface area contributed by atoms with Crippen molar-refractivity contribution in [2.45, 2.75) is 0 Å². The van der Waals surface area contributed by atoms with Gasteiger partial charge in [-0.2, -0.15) is 5.10 Å². The van der Waals surface area contributed by atoms with E-state index in [4.69, 9.17) is 0 Å². The number of carbonyl (C=O) groups is 2. The smallest absolute Gasteiger partial charge is 0.268 e. The van der Waals surface area contributed by atoms with E-state index in [-0.39, 0.29) is 11.8 Å². The van der Waals surface area contributed by atoms with Gasteiger partial charge in [-0.15, -0.1) is 11.3 Å². The monoisotopic (exact) mass is 443 g/mol. The van der Waals surface area contributed by atoms with E-state index >= 15 is 0 Å². The van der Waals surface area contributed by atoms with Crippen LogP contribution in [-0.2, 0) is 7.05 Å². The number of aromatic nitrogens is 5. The molecule has 3 aromatic heterocycles. The van der Waals surface area contributed by atoms with E-state index in [9.17, 15) is 9.59 Å². The highest BCUT2D eigenvalue weighted by molar-refractivity contribution is 7.16. The third-order valence-electron chi connectivity index (χ3n) is 4.87. The molecule has 158 valence electrons. The van der Waals surface area contributed by atoms with Crippen molar-refractivity contribution in [2.24, 2.45) is 7.05 Å². The Labute approximate surface area is 186 Å². The number of aryl methyl sites for hydroxylation is 1. The third kappa shape index (κ3) is 3.74. The van der Waals surface area contributed by atoms with Gasteiger partial charge in [-0.1, -0.05) is 12.1 Å². The van der Waals surface area contributed by atoms with Crippen molar-refractivity contribution in [1.82, 2.24) is 24.3 Å². The molecule has 2 amide bonds. The SMILES string of the molecule is Cn1c(NC(=O)c2ccc(C(=O)Nc3ccc(-n4cncn4)cc3)s2)nc2ccccc21. The first kappa shape index (κ1) is 19.6. The minimum atomic E-state index is -0.315. The molecule has 10 heteroatoms. The largest absolute Gasteiger partial charge is 0.321 e. The lowest BCUT2D eigenvalue weighted by Crippen LogP contribution is -2.14. The third-order valence-corrected chi connectivity index (χ3v) is 5.96. The summed E-state index contributed by atoms with van der Waals surface area (Å²) < 4.78 is 3.44. The molecule has 0 atom stereocenters. The number of fused-ring (bicyclic) bond motifs is 1. The van der Waals surface area contributed by atoms with E-state index in [1.807, 2.05) is 48.0 Å². The van der Waals surface area contributed by atoms with Crippen LogP contribution in [0.25, 0.3) is 16.7 Å². The van der Waals surface area contributed by atoms with Crippen LogP contribution < -0.4 is 10.6 Å². The second kappa shape index (κ2) is 8.08. The van der Waals surface area contributed by atoms with E-state index in [0.717, 1.165) is 28.1 Å². The molecule has 2 N–H and O–H groups in total. The molecule has 0 aliphatic heterocycles. The lowest BCUT2D eigenvalue weighted by atomic mass is 10.2. The van der Waals surface area contributed by atoms with Gasteiger partial charge in [0, 0.05) is 12.7 Å². The highest BCUT2D eigenvalue weighted by Gasteiger charge is 2.17. The standard InChI is InChI=1S/C22H17N7O2S/c1-28-17-5-3-2-4-16(17)26-22(28)27-21(31)19-11-10-18(32-19)20(30)25-14-6-8-15(9-7-14)29-13-23-12-24-29/h2-13H,1H3,(H,25,30)(H,26,27,31). The van der Waals surface area contributed by atoms with Gasteiger partial charge in [0.15, 0.2) is 0 Å². The minimum Gasteiger partial charge on any atom is -0.321 e. The first-order valence-corrected chi connectivity index (χ1v) is 10.5. The molecule has 0 aliphatic rings. The fourth-order valence-corrected chi connectivity index (χ4v) is 4.03. The number of hydrogen-bond acceptors (Lipinski definition) is 6. The number of hydrogen-bond donors (Lipinski definition) is 2. The van der Waals surface area contributed by atoms with Crippen LogP contribution in [0.2, 0.25) is 0 Å². The average molecular weight is 443 g/mol. The predicted octanol–water partition coefficient (Wildman–Crippen LogP) is 3.72. The normalized spacial score (nSPS) is 10.9. The molecule has 0 radical (unpaired) electrons. The van der Waals surface area contributed by atoms with Gasteiger partial charge in [0.25, 0.3) is 11.8 Å². The number of nitrogens with one attached hydrogen (secondary N) is 2. The van der Waals surface area contributed by atoms with Crippen LogP contribution in [0.4, 0.5) is 11.6 Å². The average Bonchev–Trinajstić information content (AvgIpc) is 3.56. The molecule has 0 spiro atoms. The summed E-state index contributed by atoms with van der Waals surface area (Å²) in [4.78, 5) is 34.5. The maximum absolute atomic E-state index is 12.7. The van der Waals surface area contributed by atoms with Crippen LogP contribution in [0.5, 0.6) is 0 Å². The van der Waals surface area contributed by atoms with Crippen molar-refractivity contribution in [3.8, 4) is 5.69 Å². The van der Waals surface area contributed by atoms with Gasteiger partial charge in [0.05, 0.1) is 26.5 Å². The lowest BCUT2D eigenvalue weighted by molar-refractivity contribution is 0.102. The number of amides is 2. The van der Waals surface area contributed by atoms with Crippen molar-refractivity contribution >= 4 is 45.8 Å². The van der Waals surface area contributed by atoms with Crippen LogP contribution in [0.3, 0.4) is 0 Å². The summed E-state index contributed by atoms with van der Waals surface area (Å²) in [5.41, 5.74) is 3.19. The molecular formula is C22H17N7O2S. The summed E-state index contributed by atoms with van der Waals surface area (Å²) in [5, 5.41) is 9.72. The van der Waals surface area contributed by atoms with Gasteiger partial charge < -0.3 is 9.88 Å². The molecular weight excluding hydrogens is 426 g/mol. The highest BCUT2D eigenvalue weighted by atomic mass is 32.1. The first-order valence-electron chi connectivity index (χ1n) is 9.67. The molecule has 3 heterocycles. The van der Waals surface area contributed by atoms with E-state index in [2.05, 4.69) is 25.7 Å². The van der Waals surface area contributed by atoms with Crippen LogP contribution in [0, 0.1) is 0 Å². The molecule has 9 nitrogen and oxygen atoms in total. The first-order chi connectivity index (χ1) is 15.6. The lowest BCUT2D eigenvalue weighted by Gasteiger charge is -2.05. The van der Waals surface area contributed by atoms with Gasteiger partial charge in [-0.3, -0.25) is 14.9 Å². The van der Waals surface area contributed by atoms with Crippen LogP contribution in [-0.4, -0.2) is 36.1 Å². The number of para-hydroxylation sites is 2. The number of carbonyl (C=O) groups excluding carboxylic acids is 2. The number of thiophene rings is 1. The molecule has 0 fully saturated rings. The topological polar surface area (TPSA) is 107 Å². The zero-order valence-corrected chi connectivity index (χ0v) is 17.7. The van der Waals surface area contributed by atoms with E-state index in [1.54, 1.807) is 35.3 Å². The molecule has 5 rings (SSSR count). The second-order valence-electron chi connectivity index (χ2n) is 6.94. The zero-order chi connectivity index (χ0) is 22.1. The zero-order valence-electron chi connectivity index (χ0n) is 16.9. The summed E-state index contributed by atoms with van der Waals surface area (Å²) in [6.45, 7) is 0. The van der Waals surface area contributed by atoms with E-state index in [0.29, 0.717) is 21.4 Å². The summed E-state index contributed by atoms with van der Waals surface area (Å²) in [6, 6.07) is 18.1. The second-order valence-corrected chi connectivity index (χ2v) is 8.03. The van der Waals surface area contributed by atoms with Crippen molar-refractivity contribution in [3.63, 3.8) is 0 Å². The number of anilines is 2. The summed E-state index contributed by atoms with van der Waals surface area (Å²) >= 11 is 1.12.